The molecular weight excluding hydrogens is 317 g/mol. The van der Waals surface area contributed by atoms with Crippen LogP contribution in [-0.4, -0.2) is 22.5 Å². The molecule has 0 radical (unpaired) electrons. The molecule has 7 heteroatoms. The molecule has 1 rings (SSSR count). The second-order valence-electron chi connectivity index (χ2n) is 3.47. The first-order chi connectivity index (χ1) is 7.84. The third-order valence-electron chi connectivity index (χ3n) is 2.13. The van der Waals surface area contributed by atoms with Gasteiger partial charge in [-0.3, -0.25) is 0 Å². The number of hydrogen-bond donors (Lipinski definition) is 1. The van der Waals surface area contributed by atoms with Crippen molar-refractivity contribution in [1.82, 2.24) is 4.98 Å². The molecule has 0 aliphatic carbocycles. The number of aromatic nitrogens is 1. The molecule has 0 aromatic carbocycles. The van der Waals surface area contributed by atoms with Crippen LogP contribution < -0.4 is 5.73 Å². The van der Waals surface area contributed by atoms with E-state index in [0.29, 0.717) is 16.8 Å². The van der Waals surface area contributed by atoms with Gasteiger partial charge in [0.15, 0.2) is 0 Å². The third-order valence-corrected chi connectivity index (χ3v) is 3.95. The molecule has 1 aromatic rings. The second-order valence-corrected chi connectivity index (χ2v) is 5.54. The maximum absolute atomic E-state index is 12.8. The van der Waals surface area contributed by atoms with Crippen LogP contribution in [0, 0.1) is 0 Å². The molecule has 1 aromatic heterocycles. The highest BCUT2D eigenvalue weighted by molar-refractivity contribution is 9.10. The first-order valence-corrected chi connectivity index (χ1v) is 6.62. The summed E-state index contributed by atoms with van der Waals surface area (Å²) in [6, 6.07) is 2.27. The van der Waals surface area contributed by atoms with E-state index in [1.165, 1.54) is 12.3 Å². The standard InChI is InChI=1S/C10H12BrF3N2S/c1-2-7(15)9(10(12,13)14)17-8-4-3-6(11)5-16-8/h3-5,7,9H,2,15H2,1H3. The Labute approximate surface area is 110 Å². The van der Waals surface area contributed by atoms with Crippen LogP contribution in [-0.2, 0) is 0 Å². The highest BCUT2D eigenvalue weighted by Gasteiger charge is 2.43. The average Bonchev–Trinajstić information content (AvgIpc) is 2.25. The lowest BCUT2D eigenvalue weighted by atomic mass is 10.1. The van der Waals surface area contributed by atoms with Crippen molar-refractivity contribution in [3.63, 3.8) is 0 Å². The Hall–Kier alpha value is -0.270. The van der Waals surface area contributed by atoms with Gasteiger partial charge in [0.25, 0.3) is 0 Å². The van der Waals surface area contributed by atoms with Gasteiger partial charge in [0.05, 0.1) is 5.03 Å². The number of nitrogens with zero attached hydrogens (tertiary/aromatic N) is 1. The number of alkyl halides is 3. The van der Waals surface area contributed by atoms with Crippen LogP contribution in [0.25, 0.3) is 0 Å². The Balaban J connectivity index is 2.83. The molecule has 96 valence electrons. The summed E-state index contributed by atoms with van der Waals surface area (Å²) in [6.45, 7) is 1.64. The smallest absolute Gasteiger partial charge is 0.326 e. The van der Waals surface area contributed by atoms with Crippen molar-refractivity contribution in [2.75, 3.05) is 0 Å². The zero-order chi connectivity index (χ0) is 13.1. The Morgan fingerprint density at radius 3 is 2.53 bits per heavy atom. The van der Waals surface area contributed by atoms with Crippen molar-refractivity contribution < 1.29 is 13.2 Å². The van der Waals surface area contributed by atoms with Crippen LogP contribution in [0.4, 0.5) is 13.2 Å². The fraction of sp³-hybridized carbons (Fsp3) is 0.500. The summed E-state index contributed by atoms with van der Waals surface area (Å²) in [5.74, 6) is 0. The summed E-state index contributed by atoms with van der Waals surface area (Å²) in [5, 5.41) is -1.30. The molecule has 17 heavy (non-hydrogen) atoms. The van der Waals surface area contributed by atoms with Gasteiger partial charge in [-0.2, -0.15) is 13.2 Å². The molecule has 0 amide bonds. The van der Waals surface area contributed by atoms with Crippen molar-refractivity contribution in [3.8, 4) is 0 Å². The number of nitrogens with two attached hydrogens (primary N) is 1. The molecule has 0 spiro atoms. The second kappa shape index (κ2) is 6.06. The minimum atomic E-state index is -4.32. The number of hydrogen-bond acceptors (Lipinski definition) is 3. The summed E-state index contributed by atoms with van der Waals surface area (Å²) in [7, 11) is 0. The van der Waals surface area contributed by atoms with Crippen LogP contribution in [0.1, 0.15) is 13.3 Å². The highest BCUT2D eigenvalue weighted by Crippen LogP contribution is 2.36. The predicted octanol–water partition coefficient (Wildman–Crippen LogP) is 3.60. The van der Waals surface area contributed by atoms with Gasteiger partial charge in [0.2, 0.25) is 0 Å². The number of rotatable bonds is 4. The van der Waals surface area contributed by atoms with Gasteiger partial charge in [-0.15, -0.1) is 0 Å². The average molecular weight is 329 g/mol. The maximum Gasteiger partial charge on any atom is 0.402 e. The van der Waals surface area contributed by atoms with E-state index in [1.807, 2.05) is 0 Å². The van der Waals surface area contributed by atoms with E-state index >= 15 is 0 Å². The summed E-state index contributed by atoms with van der Waals surface area (Å²) in [5.41, 5.74) is 5.50. The van der Waals surface area contributed by atoms with Crippen molar-refractivity contribution in [3.05, 3.63) is 22.8 Å². The Bertz CT molecular complexity index is 356. The molecule has 0 fully saturated rings. The van der Waals surface area contributed by atoms with E-state index in [4.69, 9.17) is 5.73 Å². The number of thioether (sulfide) groups is 1. The lowest BCUT2D eigenvalue weighted by Gasteiger charge is -2.24. The highest BCUT2D eigenvalue weighted by atomic mass is 79.9. The van der Waals surface area contributed by atoms with Gasteiger partial charge in [-0.05, 0) is 34.5 Å². The predicted molar refractivity (Wildman–Crippen MR) is 65.9 cm³/mol. The van der Waals surface area contributed by atoms with Gasteiger partial charge >= 0.3 is 6.18 Å². The summed E-state index contributed by atoms with van der Waals surface area (Å²) < 4.78 is 39.1. The lowest BCUT2D eigenvalue weighted by molar-refractivity contribution is -0.132. The number of halogens is 4. The number of pyridine rings is 1. The third kappa shape index (κ3) is 4.48. The summed E-state index contributed by atoms with van der Waals surface area (Å²) in [4.78, 5) is 3.91. The molecule has 0 aliphatic heterocycles. The van der Waals surface area contributed by atoms with Crippen LogP contribution in [0.3, 0.4) is 0 Å². The first-order valence-electron chi connectivity index (χ1n) is 4.95. The lowest BCUT2D eigenvalue weighted by Crippen LogP contribution is -2.42. The maximum atomic E-state index is 12.8. The zero-order valence-electron chi connectivity index (χ0n) is 9.04. The van der Waals surface area contributed by atoms with E-state index in [9.17, 15) is 13.2 Å². The molecule has 2 unspecified atom stereocenters. The molecule has 1 heterocycles. The molecule has 0 saturated heterocycles. The fourth-order valence-electron chi connectivity index (χ4n) is 1.17. The Kier molecular flexibility index (Phi) is 5.27. The molecule has 0 aliphatic rings. The minimum Gasteiger partial charge on any atom is -0.326 e. The van der Waals surface area contributed by atoms with Gasteiger partial charge in [-0.25, -0.2) is 4.98 Å². The monoisotopic (exact) mass is 328 g/mol. The van der Waals surface area contributed by atoms with E-state index < -0.39 is 17.5 Å². The summed E-state index contributed by atoms with van der Waals surface area (Å²) >= 11 is 3.83. The van der Waals surface area contributed by atoms with Crippen molar-refractivity contribution in [1.29, 1.82) is 0 Å². The van der Waals surface area contributed by atoms with Crippen LogP contribution in [0.2, 0.25) is 0 Å². The topological polar surface area (TPSA) is 38.9 Å². The molecule has 2 N–H and O–H groups in total. The van der Waals surface area contributed by atoms with E-state index in [0.717, 1.165) is 4.47 Å². The first kappa shape index (κ1) is 14.8. The molecule has 0 saturated carbocycles. The summed E-state index contributed by atoms with van der Waals surface area (Å²) in [6.07, 6.45) is -2.59. The molecular formula is C10H12BrF3N2S. The normalized spacial score (nSPS) is 15.6. The van der Waals surface area contributed by atoms with Crippen LogP contribution in [0.15, 0.2) is 27.8 Å². The van der Waals surface area contributed by atoms with E-state index in [2.05, 4.69) is 20.9 Å². The van der Waals surface area contributed by atoms with Gasteiger partial charge < -0.3 is 5.73 Å². The molecule has 2 nitrogen and oxygen atoms in total. The molecule has 2 atom stereocenters. The quantitative estimate of drug-likeness (QED) is 0.858. The Morgan fingerprint density at radius 1 is 1.47 bits per heavy atom. The van der Waals surface area contributed by atoms with E-state index in [-0.39, 0.29) is 6.42 Å². The van der Waals surface area contributed by atoms with Crippen LogP contribution >= 0.6 is 27.7 Å². The van der Waals surface area contributed by atoms with E-state index in [1.54, 1.807) is 13.0 Å². The molecule has 0 bridgehead atoms. The Morgan fingerprint density at radius 2 is 2.12 bits per heavy atom. The van der Waals surface area contributed by atoms with Gasteiger partial charge in [0.1, 0.15) is 5.25 Å². The largest absolute Gasteiger partial charge is 0.402 e. The fourth-order valence-corrected chi connectivity index (χ4v) is 2.43. The van der Waals surface area contributed by atoms with Gasteiger partial charge in [0, 0.05) is 16.7 Å². The van der Waals surface area contributed by atoms with Gasteiger partial charge in [-0.1, -0.05) is 18.7 Å². The van der Waals surface area contributed by atoms with Crippen molar-refractivity contribution in [2.24, 2.45) is 5.73 Å². The zero-order valence-corrected chi connectivity index (χ0v) is 11.4. The van der Waals surface area contributed by atoms with Crippen LogP contribution in [0.5, 0.6) is 0 Å². The van der Waals surface area contributed by atoms with Crippen molar-refractivity contribution >= 4 is 27.7 Å². The SMILES string of the molecule is CCC(N)C(Sc1ccc(Br)cn1)C(F)(F)F. The minimum absolute atomic E-state index is 0.272. The van der Waals surface area contributed by atoms with Crippen molar-refractivity contribution in [2.45, 2.75) is 35.8 Å².